The van der Waals surface area contributed by atoms with E-state index in [1.807, 2.05) is 29.8 Å². The fourth-order valence-electron chi connectivity index (χ4n) is 3.13. The lowest BCUT2D eigenvalue weighted by atomic mass is 10.1. The third-order valence-electron chi connectivity index (χ3n) is 4.23. The van der Waals surface area contributed by atoms with E-state index in [0.717, 1.165) is 42.7 Å². The fourth-order valence-corrected chi connectivity index (χ4v) is 3.13. The number of imidazole rings is 1. The van der Waals surface area contributed by atoms with E-state index in [2.05, 4.69) is 32.0 Å². The molecule has 1 aliphatic heterocycles. The topological polar surface area (TPSA) is 59.7 Å². The van der Waals surface area contributed by atoms with Gasteiger partial charge in [-0.05, 0) is 38.0 Å². The van der Waals surface area contributed by atoms with Crippen LogP contribution >= 0.6 is 0 Å². The Morgan fingerprint density at radius 3 is 2.70 bits per heavy atom. The molecule has 0 aromatic carbocycles. The van der Waals surface area contributed by atoms with Crippen LogP contribution in [0.5, 0.6) is 0 Å². The van der Waals surface area contributed by atoms with Gasteiger partial charge >= 0.3 is 0 Å². The van der Waals surface area contributed by atoms with Gasteiger partial charge in [0.25, 0.3) is 0 Å². The van der Waals surface area contributed by atoms with Crippen molar-refractivity contribution in [2.45, 2.75) is 25.8 Å². The maximum Gasteiger partial charge on any atom is 0.225 e. The maximum absolute atomic E-state index is 4.86. The van der Waals surface area contributed by atoms with Crippen LogP contribution in [0.3, 0.4) is 0 Å². The van der Waals surface area contributed by atoms with E-state index in [9.17, 15) is 0 Å². The van der Waals surface area contributed by atoms with E-state index >= 15 is 0 Å². The van der Waals surface area contributed by atoms with Gasteiger partial charge in [0, 0.05) is 31.3 Å². The zero-order chi connectivity index (χ0) is 15.6. The Labute approximate surface area is 134 Å². The average molecular weight is 306 g/mol. The summed E-state index contributed by atoms with van der Waals surface area (Å²) < 4.78 is 2.00. The molecule has 0 bridgehead atoms. The summed E-state index contributed by atoms with van der Waals surface area (Å²) in [5.41, 5.74) is 1.06. The van der Waals surface area contributed by atoms with Crippen molar-refractivity contribution < 1.29 is 0 Å². The van der Waals surface area contributed by atoms with Crippen molar-refractivity contribution in [2.24, 2.45) is 0 Å². The average Bonchev–Trinajstić information content (AvgIpc) is 3.25. The van der Waals surface area contributed by atoms with E-state index in [-0.39, 0.29) is 6.04 Å². The minimum Gasteiger partial charge on any atom is -0.332 e. The lowest BCUT2D eigenvalue weighted by Gasteiger charge is -2.24. The molecule has 0 amide bonds. The first-order valence-corrected chi connectivity index (χ1v) is 7.84. The van der Waals surface area contributed by atoms with Gasteiger partial charge < -0.3 is 4.90 Å². The van der Waals surface area contributed by atoms with Crippen molar-refractivity contribution in [1.29, 1.82) is 0 Å². The normalized spacial score (nSPS) is 17.6. The Hall–Kier alpha value is -2.76. The highest BCUT2D eigenvalue weighted by Crippen LogP contribution is 2.33. The zero-order valence-corrected chi connectivity index (χ0v) is 13.0. The van der Waals surface area contributed by atoms with Gasteiger partial charge in [-0.15, -0.1) is 0 Å². The minimum absolute atomic E-state index is 0.223. The number of nitrogens with zero attached hydrogens (tertiary/aromatic N) is 6. The number of pyridine rings is 1. The Morgan fingerprint density at radius 1 is 1.04 bits per heavy atom. The molecule has 4 heterocycles. The van der Waals surface area contributed by atoms with Gasteiger partial charge in [0.15, 0.2) is 0 Å². The van der Waals surface area contributed by atoms with Crippen molar-refractivity contribution in [3.05, 3.63) is 60.6 Å². The SMILES string of the molecule is Cc1nccn1-c1cccc(C2CCCN2c2ncccn2)n1. The minimum atomic E-state index is 0.223. The van der Waals surface area contributed by atoms with E-state index in [1.54, 1.807) is 18.6 Å². The Bertz CT molecular complexity index is 798. The molecule has 0 aliphatic carbocycles. The van der Waals surface area contributed by atoms with Crippen LogP contribution in [0.1, 0.15) is 30.4 Å². The van der Waals surface area contributed by atoms with E-state index in [0.29, 0.717) is 0 Å². The Balaban J connectivity index is 1.69. The van der Waals surface area contributed by atoms with Gasteiger partial charge in [-0.25, -0.2) is 19.9 Å². The second-order valence-corrected chi connectivity index (χ2v) is 5.67. The molecule has 3 aromatic heterocycles. The Morgan fingerprint density at radius 2 is 1.91 bits per heavy atom. The Kier molecular flexibility index (Phi) is 3.49. The van der Waals surface area contributed by atoms with E-state index in [4.69, 9.17) is 4.98 Å². The van der Waals surface area contributed by atoms with E-state index in [1.165, 1.54) is 0 Å². The van der Waals surface area contributed by atoms with Crippen LogP contribution in [0.25, 0.3) is 5.82 Å². The molecular formula is C17H18N6. The first-order valence-electron chi connectivity index (χ1n) is 7.84. The quantitative estimate of drug-likeness (QED) is 0.744. The summed E-state index contributed by atoms with van der Waals surface area (Å²) in [6.45, 7) is 2.94. The molecular weight excluding hydrogens is 288 g/mol. The van der Waals surface area contributed by atoms with Crippen molar-refractivity contribution in [3.63, 3.8) is 0 Å². The second-order valence-electron chi connectivity index (χ2n) is 5.67. The molecule has 0 spiro atoms. The first-order chi connectivity index (χ1) is 11.3. The smallest absolute Gasteiger partial charge is 0.225 e. The fraction of sp³-hybridized carbons (Fsp3) is 0.294. The summed E-state index contributed by atoms with van der Waals surface area (Å²) in [4.78, 5) is 20.2. The van der Waals surface area contributed by atoms with Crippen LogP contribution in [-0.4, -0.2) is 31.0 Å². The van der Waals surface area contributed by atoms with Gasteiger partial charge in [-0.1, -0.05) is 6.07 Å². The number of anilines is 1. The van der Waals surface area contributed by atoms with Gasteiger partial charge in [0.05, 0.1) is 11.7 Å². The molecule has 6 heteroatoms. The lowest BCUT2D eigenvalue weighted by Crippen LogP contribution is -2.25. The second kappa shape index (κ2) is 5.79. The monoisotopic (exact) mass is 306 g/mol. The number of rotatable bonds is 3. The summed E-state index contributed by atoms with van der Waals surface area (Å²) in [7, 11) is 0. The van der Waals surface area contributed by atoms with Crippen molar-refractivity contribution >= 4 is 5.95 Å². The molecule has 0 radical (unpaired) electrons. The zero-order valence-electron chi connectivity index (χ0n) is 13.0. The van der Waals surface area contributed by atoms with Crippen LogP contribution in [0.4, 0.5) is 5.95 Å². The number of aromatic nitrogens is 5. The maximum atomic E-state index is 4.86. The first kappa shape index (κ1) is 13.9. The molecule has 0 saturated carbocycles. The summed E-state index contributed by atoms with van der Waals surface area (Å²) in [6.07, 6.45) is 9.50. The van der Waals surface area contributed by atoms with Crippen LogP contribution < -0.4 is 4.90 Å². The third-order valence-corrected chi connectivity index (χ3v) is 4.23. The number of aryl methyl sites for hydroxylation is 1. The van der Waals surface area contributed by atoms with Crippen molar-refractivity contribution in [3.8, 4) is 5.82 Å². The van der Waals surface area contributed by atoms with E-state index < -0.39 is 0 Å². The summed E-state index contributed by atoms with van der Waals surface area (Å²) >= 11 is 0. The standard InChI is InChI=1S/C17H18N6/c1-13-18-10-12-22(13)16-7-2-5-14(21-16)15-6-3-11-23(15)17-19-8-4-9-20-17/h2,4-5,7-10,12,15H,3,6,11H2,1H3. The molecule has 1 saturated heterocycles. The summed E-state index contributed by atoms with van der Waals surface area (Å²) in [5.74, 6) is 2.61. The number of hydrogen-bond donors (Lipinski definition) is 0. The van der Waals surface area contributed by atoms with Crippen LogP contribution in [0, 0.1) is 6.92 Å². The predicted molar refractivity (Wildman–Crippen MR) is 87.4 cm³/mol. The largest absolute Gasteiger partial charge is 0.332 e. The molecule has 23 heavy (non-hydrogen) atoms. The van der Waals surface area contributed by atoms with Gasteiger partial charge in [-0.3, -0.25) is 4.57 Å². The number of hydrogen-bond acceptors (Lipinski definition) is 5. The molecule has 3 aromatic rings. The summed E-state index contributed by atoms with van der Waals surface area (Å²) in [6, 6.07) is 8.22. The van der Waals surface area contributed by atoms with Crippen LogP contribution in [0.2, 0.25) is 0 Å². The third kappa shape index (κ3) is 2.56. The highest BCUT2D eigenvalue weighted by atomic mass is 15.3. The molecule has 6 nitrogen and oxygen atoms in total. The highest BCUT2D eigenvalue weighted by molar-refractivity contribution is 5.37. The molecule has 1 unspecified atom stereocenters. The van der Waals surface area contributed by atoms with Crippen molar-refractivity contribution in [1.82, 2.24) is 24.5 Å². The van der Waals surface area contributed by atoms with Gasteiger partial charge in [0.2, 0.25) is 5.95 Å². The highest BCUT2D eigenvalue weighted by Gasteiger charge is 2.29. The summed E-state index contributed by atoms with van der Waals surface area (Å²) in [5, 5.41) is 0. The lowest BCUT2D eigenvalue weighted by molar-refractivity contribution is 0.675. The molecule has 116 valence electrons. The van der Waals surface area contributed by atoms with Gasteiger partial charge in [-0.2, -0.15) is 0 Å². The molecule has 0 N–H and O–H groups in total. The molecule has 4 rings (SSSR count). The molecule has 1 fully saturated rings. The van der Waals surface area contributed by atoms with Crippen LogP contribution in [0.15, 0.2) is 49.1 Å². The predicted octanol–water partition coefficient (Wildman–Crippen LogP) is 2.71. The molecule has 1 aliphatic rings. The van der Waals surface area contributed by atoms with Gasteiger partial charge in [0.1, 0.15) is 11.6 Å². The van der Waals surface area contributed by atoms with Crippen molar-refractivity contribution in [2.75, 3.05) is 11.4 Å². The molecule has 1 atom stereocenters. The van der Waals surface area contributed by atoms with Crippen LogP contribution in [-0.2, 0) is 0 Å².